The molecule has 3 heterocycles. The van der Waals surface area contributed by atoms with Crippen LogP contribution in [0, 0.1) is 5.92 Å². The Morgan fingerprint density at radius 2 is 1.88 bits per heavy atom. The van der Waals surface area contributed by atoms with Gasteiger partial charge in [0.2, 0.25) is 0 Å². The summed E-state index contributed by atoms with van der Waals surface area (Å²) in [7, 11) is 1.62. The number of nitrogens with one attached hydrogen (secondary N) is 3. The number of azo groups is 1. The van der Waals surface area contributed by atoms with Crippen LogP contribution in [-0.2, 0) is 4.74 Å². The van der Waals surface area contributed by atoms with E-state index in [9.17, 15) is 14.4 Å². The number of amides is 4. The second-order valence-corrected chi connectivity index (χ2v) is 8.50. The third-order valence-corrected chi connectivity index (χ3v) is 6.59. The van der Waals surface area contributed by atoms with E-state index in [1.807, 2.05) is 12.1 Å². The molecule has 1 aliphatic carbocycles. The summed E-state index contributed by atoms with van der Waals surface area (Å²) >= 11 is 0. The number of hydrazine groups is 1. The van der Waals surface area contributed by atoms with Crippen molar-refractivity contribution >= 4 is 23.5 Å². The first-order chi connectivity index (χ1) is 16.1. The zero-order valence-corrected chi connectivity index (χ0v) is 18.5. The van der Waals surface area contributed by atoms with Crippen LogP contribution in [0.25, 0.3) is 0 Å². The molecule has 0 bridgehead atoms. The van der Waals surface area contributed by atoms with Crippen LogP contribution in [0.3, 0.4) is 0 Å². The number of ketones is 1. The van der Waals surface area contributed by atoms with Gasteiger partial charge in [-0.2, -0.15) is 10.2 Å². The van der Waals surface area contributed by atoms with Gasteiger partial charge in [0.15, 0.2) is 5.78 Å². The zero-order chi connectivity index (χ0) is 22.9. The monoisotopic (exact) mass is 453 g/mol. The lowest BCUT2D eigenvalue weighted by Crippen LogP contribution is -2.49. The Kier molecular flexibility index (Phi) is 5.81. The number of benzene rings is 1. The number of rotatable bonds is 3. The number of carbonyl (C=O) groups is 3. The van der Waals surface area contributed by atoms with Crippen molar-refractivity contribution in [3.05, 3.63) is 40.6 Å². The molecule has 2 fully saturated rings. The van der Waals surface area contributed by atoms with Crippen molar-refractivity contribution in [1.82, 2.24) is 20.7 Å². The number of fused-ring (bicyclic) bond motifs is 3. The van der Waals surface area contributed by atoms with Gasteiger partial charge in [-0.3, -0.25) is 10.2 Å². The van der Waals surface area contributed by atoms with Crippen molar-refractivity contribution in [3.8, 4) is 0 Å². The van der Waals surface area contributed by atoms with E-state index >= 15 is 0 Å². The largest absolute Gasteiger partial charge is 0.379 e. The molecular formula is C22H27N7O4. The summed E-state index contributed by atoms with van der Waals surface area (Å²) in [5.41, 5.74) is 5.84. The molecule has 11 nitrogen and oxygen atoms in total. The molecule has 3 N–H and O–H groups in total. The number of morpholine rings is 1. The number of Topliss-reactive ketones (excluding diaryl/α,β-unsaturated/α-hetero) is 1. The molecule has 3 aliphatic heterocycles. The summed E-state index contributed by atoms with van der Waals surface area (Å²) in [4.78, 5) is 39.7. The van der Waals surface area contributed by atoms with E-state index in [4.69, 9.17) is 4.74 Å². The number of piperidine rings is 1. The molecule has 1 aromatic carbocycles. The number of urea groups is 2. The Bertz CT molecular complexity index is 1040. The molecule has 0 radical (unpaired) electrons. The standard InChI is InChI=1S/C22H27N7O4/c1-23-22(32)28-7-5-13(6-8-28)18-17-19(26-25-18)14-3-2-4-15(16(14)20(17)30)24-21(31)27-29-9-11-33-12-10-29/h2-4,13,19H,5-12H2,1H3,(H,23,32)(H2,24,27,31). The summed E-state index contributed by atoms with van der Waals surface area (Å²) in [6.07, 6.45) is 1.46. The van der Waals surface area contributed by atoms with Gasteiger partial charge in [-0.15, -0.1) is 0 Å². The Morgan fingerprint density at radius 3 is 2.61 bits per heavy atom. The lowest BCUT2D eigenvalue weighted by atomic mass is 9.89. The van der Waals surface area contributed by atoms with Gasteiger partial charge in [0.05, 0.1) is 35.7 Å². The number of allylic oxidation sites excluding steroid dienone is 1. The van der Waals surface area contributed by atoms with Crippen LogP contribution >= 0.6 is 0 Å². The molecule has 174 valence electrons. The summed E-state index contributed by atoms with van der Waals surface area (Å²) in [5.74, 6) is -0.0556. The maximum absolute atomic E-state index is 13.5. The van der Waals surface area contributed by atoms with E-state index in [0.717, 1.165) is 24.1 Å². The fraction of sp³-hybridized carbons (Fsp3) is 0.500. The third-order valence-electron chi connectivity index (χ3n) is 6.59. The van der Waals surface area contributed by atoms with Crippen LogP contribution < -0.4 is 16.1 Å². The predicted molar refractivity (Wildman–Crippen MR) is 119 cm³/mol. The number of ether oxygens (including phenoxy) is 1. The topological polar surface area (TPSA) is 128 Å². The molecule has 4 aliphatic rings. The van der Waals surface area contributed by atoms with Crippen molar-refractivity contribution in [3.63, 3.8) is 0 Å². The van der Waals surface area contributed by atoms with Gasteiger partial charge in [0, 0.05) is 39.1 Å². The maximum Gasteiger partial charge on any atom is 0.333 e. The molecule has 33 heavy (non-hydrogen) atoms. The molecule has 11 heteroatoms. The smallest absolute Gasteiger partial charge is 0.333 e. The third kappa shape index (κ3) is 3.98. The second kappa shape index (κ2) is 8.91. The van der Waals surface area contributed by atoms with Gasteiger partial charge in [-0.1, -0.05) is 12.1 Å². The molecule has 2 saturated heterocycles. The molecule has 1 atom stereocenters. The highest BCUT2D eigenvalue weighted by Gasteiger charge is 2.44. The summed E-state index contributed by atoms with van der Waals surface area (Å²) in [6, 6.07) is 4.50. The first-order valence-electron chi connectivity index (χ1n) is 11.3. The summed E-state index contributed by atoms with van der Waals surface area (Å²) in [5, 5.41) is 16.1. The fourth-order valence-corrected chi connectivity index (χ4v) is 4.90. The van der Waals surface area contributed by atoms with Gasteiger partial charge in [-0.25, -0.2) is 14.6 Å². The van der Waals surface area contributed by atoms with Crippen molar-refractivity contribution < 1.29 is 19.1 Å². The van der Waals surface area contributed by atoms with Crippen LogP contribution in [0.5, 0.6) is 0 Å². The number of hydrogen-bond acceptors (Lipinski definition) is 7. The molecular weight excluding hydrogens is 426 g/mol. The first-order valence-corrected chi connectivity index (χ1v) is 11.3. The molecule has 1 aromatic rings. The van der Waals surface area contributed by atoms with Crippen LogP contribution in [0.4, 0.5) is 15.3 Å². The quantitative estimate of drug-likeness (QED) is 0.646. The van der Waals surface area contributed by atoms with Gasteiger partial charge in [0.25, 0.3) is 0 Å². The molecule has 0 spiro atoms. The maximum atomic E-state index is 13.5. The van der Waals surface area contributed by atoms with Gasteiger partial charge < -0.3 is 20.3 Å². The van der Waals surface area contributed by atoms with E-state index in [1.165, 1.54) is 0 Å². The lowest BCUT2D eigenvalue weighted by molar-refractivity contribution is 0.0207. The normalized spacial score (nSPS) is 22.9. The summed E-state index contributed by atoms with van der Waals surface area (Å²) < 4.78 is 5.29. The van der Waals surface area contributed by atoms with Crippen LogP contribution in [0.1, 0.15) is 34.8 Å². The van der Waals surface area contributed by atoms with Gasteiger partial charge in [0.1, 0.15) is 6.04 Å². The number of nitrogens with zero attached hydrogens (tertiary/aromatic N) is 4. The summed E-state index contributed by atoms with van der Waals surface area (Å²) in [6.45, 7) is 3.55. The Morgan fingerprint density at radius 1 is 1.12 bits per heavy atom. The van der Waals surface area contributed by atoms with E-state index in [-0.39, 0.29) is 17.7 Å². The van der Waals surface area contributed by atoms with Gasteiger partial charge >= 0.3 is 12.1 Å². The van der Waals surface area contributed by atoms with Crippen LogP contribution in [0.2, 0.25) is 0 Å². The minimum Gasteiger partial charge on any atom is -0.379 e. The van der Waals surface area contributed by atoms with Crippen molar-refractivity contribution in [2.45, 2.75) is 18.9 Å². The van der Waals surface area contributed by atoms with E-state index in [2.05, 4.69) is 26.3 Å². The number of likely N-dealkylation sites (tertiary alicyclic amines) is 1. The van der Waals surface area contributed by atoms with Gasteiger partial charge in [-0.05, 0) is 24.5 Å². The van der Waals surface area contributed by atoms with Crippen molar-refractivity contribution in [2.24, 2.45) is 16.1 Å². The van der Waals surface area contributed by atoms with Crippen LogP contribution in [0.15, 0.2) is 39.7 Å². The van der Waals surface area contributed by atoms with Crippen molar-refractivity contribution in [2.75, 3.05) is 51.8 Å². The molecule has 1 unspecified atom stereocenters. The lowest BCUT2D eigenvalue weighted by Gasteiger charge is -2.31. The average Bonchev–Trinajstić information content (AvgIpc) is 3.40. The van der Waals surface area contributed by atoms with Crippen LogP contribution in [-0.4, -0.2) is 74.2 Å². The molecule has 0 aromatic heterocycles. The zero-order valence-electron chi connectivity index (χ0n) is 18.5. The highest BCUT2D eigenvalue weighted by Crippen LogP contribution is 2.49. The molecule has 5 rings (SSSR count). The van der Waals surface area contributed by atoms with E-state index in [0.29, 0.717) is 56.2 Å². The fourth-order valence-electron chi connectivity index (χ4n) is 4.90. The minimum absolute atomic E-state index is 0.0777. The Balaban J connectivity index is 1.33. The first kappa shape index (κ1) is 21.5. The number of carbonyl (C=O) groups excluding carboxylic acids is 3. The minimum atomic E-state index is -0.427. The Hall–Kier alpha value is -3.31. The molecule has 4 amide bonds. The average molecular weight is 454 g/mol. The molecule has 0 saturated carbocycles. The van der Waals surface area contributed by atoms with E-state index in [1.54, 1.807) is 23.0 Å². The van der Waals surface area contributed by atoms with E-state index < -0.39 is 12.1 Å². The number of hydrogen-bond donors (Lipinski definition) is 3. The van der Waals surface area contributed by atoms with Crippen molar-refractivity contribution in [1.29, 1.82) is 0 Å². The predicted octanol–water partition coefficient (Wildman–Crippen LogP) is 2.06. The second-order valence-electron chi connectivity index (χ2n) is 8.50. The highest BCUT2D eigenvalue weighted by molar-refractivity contribution is 6.19. The SMILES string of the molecule is CNC(=O)N1CCC(C2=C3C(=O)c4c(NC(=O)NN5CCOCC5)cccc4C3N=N2)CC1. The number of anilines is 1. The highest BCUT2D eigenvalue weighted by atomic mass is 16.5. The Labute approximate surface area is 191 Å².